The van der Waals surface area contributed by atoms with Crippen LogP contribution in [0, 0.1) is 12.7 Å². The van der Waals surface area contributed by atoms with Gasteiger partial charge in [-0.1, -0.05) is 13.0 Å². The van der Waals surface area contributed by atoms with Crippen LogP contribution in [0.4, 0.5) is 4.39 Å². The van der Waals surface area contributed by atoms with Crippen molar-refractivity contribution in [2.24, 2.45) is 0 Å². The van der Waals surface area contributed by atoms with Crippen molar-refractivity contribution in [3.63, 3.8) is 0 Å². The minimum absolute atomic E-state index is 0.145. The summed E-state index contributed by atoms with van der Waals surface area (Å²) in [6.45, 7) is 3.99. The van der Waals surface area contributed by atoms with Gasteiger partial charge in [-0.25, -0.2) is 4.39 Å². The molecule has 1 aromatic heterocycles. The van der Waals surface area contributed by atoms with Crippen molar-refractivity contribution in [1.82, 2.24) is 5.32 Å². The quantitative estimate of drug-likeness (QED) is 0.857. The first kappa shape index (κ1) is 11.1. The second-order valence-electron chi connectivity index (χ2n) is 4.01. The average Bonchev–Trinajstić information content (AvgIpc) is 2.71. The number of hydrogen-bond donors (Lipinski definition) is 1. The van der Waals surface area contributed by atoms with E-state index in [-0.39, 0.29) is 11.9 Å². The monoisotopic (exact) mass is 221 g/mol. The molecule has 0 aliphatic heterocycles. The Morgan fingerprint density at radius 2 is 2.19 bits per heavy atom. The van der Waals surface area contributed by atoms with E-state index in [2.05, 4.69) is 12.2 Å². The molecule has 1 atom stereocenters. The summed E-state index contributed by atoms with van der Waals surface area (Å²) in [5.41, 5.74) is 1.62. The Labute approximate surface area is 94.4 Å². The summed E-state index contributed by atoms with van der Waals surface area (Å²) in [6, 6.07) is 5.16. The van der Waals surface area contributed by atoms with Gasteiger partial charge in [0, 0.05) is 0 Å². The third kappa shape index (κ3) is 1.71. The molecule has 86 valence electrons. The van der Waals surface area contributed by atoms with E-state index in [1.165, 1.54) is 6.07 Å². The maximum absolute atomic E-state index is 13.6. The molecule has 3 heteroatoms. The molecule has 0 radical (unpaired) electrons. The molecule has 0 spiro atoms. The normalized spacial score (nSPS) is 13.2. The number of furan rings is 1. The van der Waals surface area contributed by atoms with Gasteiger partial charge in [0.1, 0.15) is 17.2 Å². The van der Waals surface area contributed by atoms with Gasteiger partial charge in [-0.05, 0) is 38.1 Å². The van der Waals surface area contributed by atoms with E-state index in [9.17, 15) is 4.39 Å². The minimum Gasteiger partial charge on any atom is -0.459 e. The van der Waals surface area contributed by atoms with E-state index in [1.807, 2.05) is 14.0 Å². The first-order chi connectivity index (χ1) is 7.67. The maximum Gasteiger partial charge on any atom is 0.140 e. The van der Waals surface area contributed by atoms with Crippen LogP contribution in [0.2, 0.25) is 0 Å². The van der Waals surface area contributed by atoms with Gasteiger partial charge in [0.05, 0.1) is 11.4 Å². The molecule has 1 unspecified atom stereocenters. The van der Waals surface area contributed by atoms with Crippen LogP contribution < -0.4 is 5.32 Å². The highest BCUT2D eigenvalue weighted by Gasteiger charge is 2.15. The molecular formula is C13H16FNO. The zero-order valence-electron chi connectivity index (χ0n) is 9.80. The molecule has 0 saturated heterocycles. The lowest BCUT2D eigenvalue weighted by Gasteiger charge is -2.09. The van der Waals surface area contributed by atoms with Crippen molar-refractivity contribution < 1.29 is 8.81 Å². The summed E-state index contributed by atoms with van der Waals surface area (Å²) in [6.07, 6.45) is 0.914. The predicted molar refractivity (Wildman–Crippen MR) is 63.0 cm³/mol. The fourth-order valence-electron chi connectivity index (χ4n) is 1.96. The molecule has 0 aliphatic carbocycles. The molecule has 1 N–H and O–H groups in total. The van der Waals surface area contributed by atoms with Crippen molar-refractivity contribution in [1.29, 1.82) is 0 Å². The van der Waals surface area contributed by atoms with E-state index in [0.29, 0.717) is 11.0 Å². The van der Waals surface area contributed by atoms with Gasteiger partial charge in [-0.15, -0.1) is 0 Å². The van der Waals surface area contributed by atoms with E-state index in [0.717, 1.165) is 17.7 Å². The molecule has 1 aromatic carbocycles. The Morgan fingerprint density at radius 3 is 2.75 bits per heavy atom. The summed E-state index contributed by atoms with van der Waals surface area (Å²) >= 11 is 0. The molecular weight excluding hydrogens is 205 g/mol. The Balaban J connectivity index is 2.59. The molecule has 2 nitrogen and oxygen atoms in total. The van der Waals surface area contributed by atoms with Gasteiger partial charge < -0.3 is 9.73 Å². The largest absolute Gasteiger partial charge is 0.459 e. The predicted octanol–water partition coefficient (Wildman–Crippen LogP) is 3.55. The zero-order valence-corrected chi connectivity index (χ0v) is 9.80. The Kier molecular flexibility index (Phi) is 2.97. The van der Waals surface area contributed by atoms with Crippen molar-refractivity contribution in [3.8, 4) is 0 Å². The number of rotatable bonds is 3. The third-order valence-corrected chi connectivity index (χ3v) is 2.95. The fraction of sp³-hybridized carbons (Fsp3) is 0.385. The Bertz CT molecular complexity index is 461. The molecule has 2 aromatic rings. The molecule has 0 saturated carbocycles. The number of hydrogen-bond acceptors (Lipinski definition) is 2. The van der Waals surface area contributed by atoms with Crippen LogP contribution in [0.25, 0.3) is 11.0 Å². The SMILES string of the molecule is CCC(NC)c1cc2c(F)ccc(C)c2o1. The Morgan fingerprint density at radius 1 is 1.44 bits per heavy atom. The number of nitrogens with one attached hydrogen (secondary N) is 1. The van der Waals surface area contributed by atoms with Crippen molar-refractivity contribution in [2.75, 3.05) is 7.05 Å². The summed E-state index contributed by atoms with van der Waals surface area (Å²) in [4.78, 5) is 0. The van der Waals surface area contributed by atoms with Crippen molar-refractivity contribution in [2.45, 2.75) is 26.3 Å². The number of fused-ring (bicyclic) bond motifs is 1. The van der Waals surface area contributed by atoms with Gasteiger partial charge in [0.15, 0.2) is 0 Å². The second-order valence-corrected chi connectivity index (χ2v) is 4.01. The van der Waals surface area contributed by atoms with E-state index in [4.69, 9.17) is 4.42 Å². The summed E-state index contributed by atoms with van der Waals surface area (Å²) in [7, 11) is 1.88. The van der Waals surface area contributed by atoms with Crippen molar-refractivity contribution in [3.05, 3.63) is 35.3 Å². The number of aryl methyl sites for hydroxylation is 1. The summed E-state index contributed by atoms with van der Waals surface area (Å²) < 4.78 is 19.3. The molecule has 0 amide bonds. The van der Waals surface area contributed by atoms with Crippen molar-refractivity contribution >= 4 is 11.0 Å². The molecule has 16 heavy (non-hydrogen) atoms. The molecule has 0 aliphatic rings. The van der Waals surface area contributed by atoms with Crippen LogP contribution >= 0.6 is 0 Å². The Hall–Kier alpha value is -1.35. The fourth-order valence-corrected chi connectivity index (χ4v) is 1.96. The number of halogens is 1. The van der Waals surface area contributed by atoms with Gasteiger partial charge in [0.2, 0.25) is 0 Å². The minimum atomic E-state index is -0.221. The summed E-state index contributed by atoms with van der Waals surface area (Å²) in [5, 5.41) is 3.72. The van der Waals surface area contributed by atoms with Gasteiger partial charge in [-0.2, -0.15) is 0 Å². The van der Waals surface area contributed by atoms with Crippen LogP contribution in [0.3, 0.4) is 0 Å². The highest BCUT2D eigenvalue weighted by Crippen LogP contribution is 2.29. The lowest BCUT2D eigenvalue weighted by molar-refractivity contribution is 0.443. The molecule has 2 rings (SSSR count). The molecule has 0 bridgehead atoms. The maximum atomic E-state index is 13.6. The first-order valence-corrected chi connectivity index (χ1v) is 5.53. The topological polar surface area (TPSA) is 25.2 Å². The van der Waals surface area contributed by atoms with Gasteiger partial charge in [0.25, 0.3) is 0 Å². The summed E-state index contributed by atoms with van der Waals surface area (Å²) in [5.74, 6) is 0.578. The first-order valence-electron chi connectivity index (χ1n) is 5.53. The lowest BCUT2D eigenvalue weighted by Crippen LogP contribution is -2.14. The third-order valence-electron chi connectivity index (χ3n) is 2.95. The molecule has 1 heterocycles. The van der Waals surface area contributed by atoms with E-state index < -0.39 is 0 Å². The van der Waals surface area contributed by atoms with Crippen LogP contribution in [-0.4, -0.2) is 7.05 Å². The number of benzene rings is 1. The average molecular weight is 221 g/mol. The van der Waals surface area contributed by atoms with E-state index in [1.54, 1.807) is 12.1 Å². The lowest BCUT2D eigenvalue weighted by atomic mass is 10.1. The molecule has 0 fully saturated rings. The van der Waals surface area contributed by atoms with Gasteiger partial charge >= 0.3 is 0 Å². The van der Waals surface area contributed by atoms with Crippen LogP contribution in [0.1, 0.15) is 30.7 Å². The van der Waals surface area contributed by atoms with Crippen LogP contribution in [0.5, 0.6) is 0 Å². The highest BCUT2D eigenvalue weighted by atomic mass is 19.1. The zero-order chi connectivity index (χ0) is 11.7. The standard InChI is InChI=1S/C13H16FNO/c1-4-11(15-3)12-7-9-10(14)6-5-8(2)13(9)16-12/h5-7,11,15H,4H2,1-3H3. The van der Waals surface area contributed by atoms with E-state index >= 15 is 0 Å². The highest BCUT2D eigenvalue weighted by molar-refractivity contribution is 5.81. The van der Waals surface area contributed by atoms with Crippen LogP contribution in [0.15, 0.2) is 22.6 Å². The van der Waals surface area contributed by atoms with Crippen LogP contribution in [-0.2, 0) is 0 Å². The van der Waals surface area contributed by atoms with Gasteiger partial charge in [-0.3, -0.25) is 0 Å². The smallest absolute Gasteiger partial charge is 0.140 e. The second kappa shape index (κ2) is 4.26.